The second-order valence-corrected chi connectivity index (χ2v) is 8.16. The minimum absolute atomic E-state index is 0.125. The summed E-state index contributed by atoms with van der Waals surface area (Å²) in [5.74, 6) is -0.00298. The molecule has 0 aliphatic carbocycles. The maximum absolute atomic E-state index is 13.4. The van der Waals surface area contributed by atoms with Gasteiger partial charge in [0.1, 0.15) is 5.82 Å². The standard InChI is InChI=1S/C21H33FN4O2/c1-26(20(27)21(15-28-2)8-10-23-11-9-21)12-4-7-18-14-19(25-24-18)16-5-3-6-17(22)13-16/h3,5-6,13,18-19,23-25H,4,7-12,14-15H2,1-2H3. The van der Waals surface area contributed by atoms with Crippen LogP contribution in [-0.4, -0.2) is 57.2 Å². The Kier molecular flexibility index (Phi) is 7.40. The Bertz CT molecular complexity index is 646. The van der Waals surface area contributed by atoms with Crippen molar-refractivity contribution in [2.75, 3.05) is 40.4 Å². The molecule has 2 aliphatic rings. The van der Waals surface area contributed by atoms with Crippen LogP contribution in [0.15, 0.2) is 24.3 Å². The number of amides is 1. The highest BCUT2D eigenvalue weighted by Gasteiger charge is 2.41. The van der Waals surface area contributed by atoms with Crippen LogP contribution in [0.5, 0.6) is 0 Å². The maximum atomic E-state index is 13.4. The number of piperidine rings is 1. The van der Waals surface area contributed by atoms with Gasteiger partial charge in [0.2, 0.25) is 5.91 Å². The Morgan fingerprint density at radius 2 is 2.11 bits per heavy atom. The maximum Gasteiger partial charge on any atom is 0.230 e. The van der Waals surface area contributed by atoms with Crippen molar-refractivity contribution in [3.63, 3.8) is 0 Å². The number of ether oxygens (including phenoxy) is 1. The van der Waals surface area contributed by atoms with E-state index < -0.39 is 0 Å². The van der Waals surface area contributed by atoms with Gasteiger partial charge in [-0.3, -0.25) is 15.6 Å². The van der Waals surface area contributed by atoms with Crippen molar-refractivity contribution in [3.05, 3.63) is 35.6 Å². The van der Waals surface area contributed by atoms with Gasteiger partial charge in [0.25, 0.3) is 0 Å². The summed E-state index contributed by atoms with van der Waals surface area (Å²) >= 11 is 0. The molecule has 3 rings (SSSR count). The number of nitrogens with zero attached hydrogens (tertiary/aromatic N) is 1. The van der Waals surface area contributed by atoms with Gasteiger partial charge in [-0.2, -0.15) is 0 Å². The molecule has 2 atom stereocenters. The molecule has 156 valence electrons. The molecule has 2 fully saturated rings. The Morgan fingerprint density at radius 1 is 1.32 bits per heavy atom. The Balaban J connectivity index is 1.45. The predicted molar refractivity (Wildman–Crippen MR) is 107 cm³/mol. The summed E-state index contributed by atoms with van der Waals surface area (Å²) in [6.07, 6.45) is 4.47. The Hall–Kier alpha value is -1.54. The van der Waals surface area contributed by atoms with Gasteiger partial charge in [0.15, 0.2) is 0 Å². The highest BCUT2D eigenvalue weighted by molar-refractivity contribution is 5.82. The molecule has 1 aromatic carbocycles. The molecule has 2 saturated heterocycles. The van der Waals surface area contributed by atoms with Crippen molar-refractivity contribution in [3.8, 4) is 0 Å². The van der Waals surface area contributed by atoms with E-state index in [1.165, 1.54) is 6.07 Å². The van der Waals surface area contributed by atoms with Crippen LogP contribution < -0.4 is 16.2 Å². The van der Waals surface area contributed by atoms with Crippen molar-refractivity contribution in [2.24, 2.45) is 5.41 Å². The van der Waals surface area contributed by atoms with E-state index in [2.05, 4.69) is 16.2 Å². The van der Waals surface area contributed by atoms with Crippen molar-refractivity contribution in [2.45, 2.75) is 44.2 Å². The van der Waals surface area contributed by atoms with Gasteiger partial charge in [-0.1, -0.05) is 12.1 Å². The number of nitrogens with one attached hydrogen (secondary N) is 3. The normalized spacial score (nSPS) is 24.2. The van der Waals surface area contributed by atoms with Gasteiger partial charge in [0, 0.05) is 32.8 Å². The first-order chi connectivity index (χ1) is 13.5. The van der Waals surface area contributed by atoms with Crippen molar-refractivity contribution in [1.82, 2.24) is 21.1 Å². The molecular weight excluding hydrogens is 359 g/mol. The summed E-state index contributed by atoms with van der Waals surface area (Å²) < 4.78 is 18.8. The van der Waals surface area contributed by atoms with Crippen LogP contribution in [0.25, 0.3) is 0 Å². The molecule has 7 heteroatoms. The average molecular weight is 393 g/mol. The number of hydrogen-bond acceptors (Lipinski definition) is 5. The number of hydrogen-bond donors (Lipinski definition) is 3. The lowest BCUT2D eigenvalue weighted by Gasteiger charge is -2.38. The summed E-state index contributed by atoms with van der Waals surface area (Å²) in [5.41, 5.74) is 7.16. The summed E-state index contributed by atoms with van der Waals surface area (Å²) in [7, 11) is 3.57. The van der Waals surface area contributed by atoms with E-state index >= 15 is 0 Å². The summed E-state index contributed by atoms with van der Waals surface area (Å²) in [6, 6.07) is 7.20. The van der Waals surface area contributed by atoms with Gasteiger partial charge in [-0.15, -0.1) is 0 Å². The SMILES string of the molecule is COCC1(C(=O)N(C)CCCC2CC(c3cccc(F)c3)NN2)CCNCC1. The van der Waals surface area contributed by atoms with Gasteiger partial charge in [-0.25, -0.2) is 4.39 Å². The van der Waals surface area contributed by atoms with Crippen molar-refractivity contribution in [1.29, 1.82) is 0 Å². The van der Waals surface area contributed by atoms with Crippen LogP contribution in [0.4, 0.5) is 4.39 Å². The number of methoxy groups -OCH3 is 1. The van der Waals surface area contributed by atoms with Gasteiger partial charge < -0.3 is 15.0 Å². The fourth-order valence-corrected chi connectivity index (χ4v) is 4.44. The lowest BCUT2D eigenvalue weighted by atomic mass is 9.78. The largest absolute Gasteiger partial charge is 0.384 e. The van der Waals surface area contributed by atoms with E-state index in [1.54, 1.807) is 19.2 Å². The molecule has 0 radical (unpaired) electrons. The quantitative estimate of drug-likeness (QED) is 0.631. The monoisotopic (exact) mass is 392 g/mol. The first-order valence-electron chi connectivity index (χ1n) is 10.3. The minimum atomic E-state index is -0.385. The van der Waals surface area contributed by atoms with Crippen LogP contribution in [-0.2, 0) is 9.53 Å². The molecule has 0 saturated carbocycles. The summed E-state index contributed by atoms with van der Waals surface area (Å²) in [5, 5.41) is 3.33. The molecule has 28 heavy (non-hydrogen) atoms. The van der Waals surface area contributed by atoms with E-state index in [1.807, 2.05) is 18.0 Å². The van der Waals surface area contributed by atoms with Gasteiger partial charge in [-0.05, 0) is 62.9 Å². The lowest BCUT2D eigenvalue weighted by molar-refractivity contribution is -0.146. The van der Waals surface area contributed by atoms with E-state index in [4.69, 9.17) is 4.74 Å². The number of halogens is 1. The molecule has 2 heterocycles. The van der Waals surface area contributed by atoms with Crippen LogP contribution in [0.3, 0.4) is 0 Å². The lowest BCUT2D eigenvalue weighted by Crippen LogP contribution is -2.50. The highest BCUT2D eigenvalue weighted by atomic mass is 19.1. The zero-order valence-electron chi connectivity index (χ0n) is 17.0. The second kappa shape index (κ2) is 9.78. The minimum Gasteiger partial charge on any atom is -0.384 e. The van der Waals surface area contributed by atoms with Crippen LogP contribution >= 0.6 is 0 Å². The smallest absolute Gasteiger partial charge is 0.230 e. The number of carbonyl (C=O) groups excluding carboxylic acids is 1. The number of hydrazine groups is 1. The van der Waals surface area contributed by atoms with Crippen LogP contribution in [0, 0.1) is 11.2 Å². The first kappa shape index (κ1) is 21.2. The molecular formula is C21H33FN4O2. The summed E-state index contributed by atoms with van der Waals surface area (Å²) in [6.45, 7) is 2.95. The molecule has 6 nitrogen and oxygen atoms in total. The van der Waals surface area contributed by atoms with Gasteiger partial charge in [0.05, 0.1) is 12.0 Å². The zero-order chi connectivity index (χ0) is 20.0. The van der Waals surface area contributed by atoms with Crippen LogP contribution in [0.2, 0.25) is 0 Å². The molecule has 2 aliphatic heterocycles. The topological polar surface area (TPSA) is 65.6 Å². The van der Waals surface area contributed by atoms with E-state index in [0.29, 0.717) is 12.6 Å². The molecule has 0 bridgehead atoms. The Labute approximate surface area is 167 Å². The average Bonchev–Trinajstić information content (AvgIpc) is 3.17. The number of benzene rings is 1. The number of carbonyl (C=O) groups is 1. The number of rotatable bonds is 8. The summed E-state index contributed by atoms with van der Waals surface area (Å²) in [4.78, 5) is 14.9. The fourth-order valence-electron chi connectivity index (χ4n) is 4.44. The molecule has 0 spiro atoms. The molecule has 1 amide bonds. The predicted octanol–water partition coefficient (Wildman–Crippen LogP) is 1.99. The van der Waals surface area contributed by atoms with Crippen molar-refractivity contribution < 1.29 is 13.9 Å². The van der Waals surface area contributed by atoms with Crippen molar-refractivity contribution >= 4 is 5.91 Å². The third-order valence-corrected chi connectivity index (χ3v) is 6.06. The van der Waals surface area contributed by atoms with Gasteiger partial charge >= 0.3 is 0 Å². The van der Waals surface area contributed by atoms with E-state index in [9.17, 15) is 9.18 Å². The van der Waals surface area contributed by atoms with E-state index in [0.717, 1.165) is 57.3 Å². The second-order valence-electron chi connectivity index (χ2n) is 8.16. The molecule has 3 N–H and O–H groups in total. The highest BCUT2D eigenvalue weighted by Crippen LogP contribution is 2.31. The molecule has 0 aromatic heterocycles. The first-order valence-corrected chi connectivity index (χ1v) is 10.3. The zero-order valence-corrected chi connectivity index (χ0v) is 17.0. The van der Waals surface area contributed by atoms with Crippen LogP contribution in [0.1, 0.15) is 43.7 Å². The third-order valence-electron chi connectivity index (χ3n) is 6.06. The molecule has 1 aromatic rings. The Morgan fingerprint density at radius 3 is 2.82 bits per heavy atom. The third kappa shape index (κ3) is 5.08. The molecule has 2 unspecified atom stereocenters. The van der Waals surface area contributed by atoms with E-state index in [-0.39, 0.29) is 23.2 Å². The fraction of sp³-hybridized carbons (Fsp3) is 0.667.